The van der Waals surface area contributed by atoms with Gasteiger partial charge in [-0.3, -0.25) is 14.9 Å². The zero-order chi connectivity index (χ0) is 21.9. The molecule has 2 aromatic carbocycles. The zero-order valence-corrected chi connectivity index (χ0v) is 16.0. The number of anilines is 3. The first-order valence-electron chi connectivity index (χ1n) is 9.04. The van der Waals surface area contributed by atoms with Gasteiger partial charge >= 0.3 is 6.36 Å². The summed E-state index contributed by atoms with van der Waals surface area (Å²) in [7, 11) is 0. The number of alkyl halides is 3. The van der Waals surface area contributed by atoms with Gasteiger partial charge in [-0.15, -0.1) is 13.2 Å². The van der Waals surface area contributed by atoms with E-state index in [2.05, 4.69) is 15.0 Å². The highest BCUT2D eigenvalue weighted by molar-refractivity contribution is 5.74. The zero-order valence-electron chi connectivity index (χ0n) is 16.0. The summed E-state index contributed by atoms with van der Waals surface area (Å²) in [5, 5.41) is 14.2. The predicted octanol–water partition coefficient (Wildman–Crippen LogP) is 3.91. The summed E-state index contributed by atoms with van der Waals surface area (Å²) in [5.41, 5.74) is 0.891. The molecular weight excluding hydrogens is 405 g/mol. The normalized spacial score (nSPS) is 14.4. The van der Waals surface area contributed by atoms with Gasteiger partial charge in [0.2, 0.25) is 5.91 Å². The summed E-state index contributed by atoms with van der Waals surface area (Å²) in [4.78, 5) is 25.8. The van der Waals surface area contributed by atoms with Gasteiger partial charge in [0.25, 0.3) is 5.69 Å². The van der Waals surface area contributed by atoms with Crippen molar-refractivity contribution in [1.82, 2.24) is 4.90 Å². The number of carbonyl (C=O) groups excluding carboxylic acids is 1. The second-order valence-corrected chi connectivity index (χ2v) is 6.65. The van der Waals surface area contributed by atoms with Crippen LogP contribution in [0.4, 0.5) is 35.9 Å². The average molecular weight is 424 g/mol. The van der Waals surface area contributed by atoms with Crippen LogP contribution in [-0.2, 0) is 4.79 Å². The molecule has 1 fully saturated rings. The third-order valence-electron chi connectivity index (χ3n) is 4.61. The van der Waals surface area contributed by atoms with E-state index in [1.807, 2.05) is 6.07 Å². The third-order valence-corrected chi connectivity index (χ3v) is 4.61. The van der Waals surface area contributed by atoms with Crippen LogP contribution in [0.5, 0.6) is 5.75 Å². The topological polar surface area (TPSA) is 88.0 Å². The minimum absolute atomic E-state index is 0.0235. The molecule has 0 radical (unpaired) electrons. The number of benzene rings is 2. The number of hydrogen-bond donors (Lipinski definition) is 1. The molecule has 0 bridgehead atoms. The Hall–Kier alpha value is -3.50. The molecule has 1 aliphatic rings. The van der Waals surface area contributed by atoms with Gasteiger partial charge < -0.3 is 19.9 Å². The summed E-state index contributed by atoms with van der Waals surface area (Å²) >= 11 is 0. The Bertz CT molecular complexity index is 944. The number of amides is 1. The van der Waals surface area contributed by atoms with Crippen molar-refractivity contribution in [3.63, 3.8) is 0 Å². The van der Waals surface area contributed by atoms with E-state index in [4.69, 9.17) is 0 Å². The second-order valence-electron chi connectivity index (χ2n) is 6.65. The van der Waals surface area contributed by atoms with E-state index >= 15 is 0 Å². The summed E-state index contributed by atoms with van der Waals surface area (Å²) in [6.45, 7) is 4.01. The van der Waals surface area contributed by atoms with Gasteiger partial charge in [0, 0.05) is 44.5 Å². The molecule has 1 heterocycles. The van der Waals surface area contributed by atoms with E-state index in [0.717, 1.165) is 23.9 Å². The highest BCUT2D eigenvalue weighted by atomic mass is 19.4. The van der Waals surface area contributed by atoms with E-state index in [-0.39, 0.29) is 11.6 Å². The van der Waals surface area contributed by atoms with Crippen LogP contribution >= 0.6 is 0 Å². The Morgan fingerprint density at radius 1 is 1.13 bits per heavy atom. The number of nitrogens with one attached hydrogen (secondary N) is 1. The highest BCUT2D eigenvalue weighted by Gasteiger charge is 2.32. The monoisotopic (exact) mass is 424 g/mol. The number of nitro groups is 1. The fraction of sp³-hybridized carbons (Fsp3) is 0.316. The van der Waals surface area contributed by atoms with Gasteiger partial charge in [-0.1, -0.05) is 6.07 Å². The van der Waals surface area contributed by atoms with Crippen LogP contribution in [0.25, 0.3) is 0 Å². The lowest BCUT2D eigenvalue weighted by molar-refractivity contribution is -0.384. The fourth-order valence-corrected chi connectivity index (χ4v) is 3.18. The first-order valence-corrected chi connectivity index (χ1v) is 9.04. The summed E-state index contributed by atoms with van der Waals surface area (Å²) in [6.07, 6.45) is -4.94. The molecule has 2 aromatic rings. The van der Waals surface area contributed by atoms with Crippen LogP contribution in [0.1, 0.15) is 6.92 Å². The highest BCUT2D eigenvalue weighted by Crippen LogP contribution is 2.34. The number of ether oxygens (including phenoxy) is 1. The van der Waals surface area contributed by atoms with Crippen molar-refractivity contribution in [3.8, 4) is 5.75 Å². The Morgan fingerprint density at radius 2 is 1.83 bits per heavy atom. The Balaban J connectivity index is 1.77. The lowest BCUT2D eigenvalue weighted by Gasteiger charge is -2.35. The Morgan fingerprint density at radius 3 is 2.43 bits per heavy atom. The first kappa shape index (κ1) is 21.2. The molecule has 1 saturated heterocycles. The molecule has 1 aliphatic heterocycles. The maximum absolute atomic E-state index is 12.4. The van der Waals surface area contributed by atoms with E-state index < -0.39 is 22.7 Å². The van der Waals surface area contributed by atoms with Crippen molar-refractivity contribution in [2.45, 2.75) is 13.3 Å². The number of nitrogens with zero attached hydrogens (tertiary/aromatic N) is 3. The minimum atomic E-state index is -4.94. The molecule has 11 heteroatoms. The van der Waals surface area contributed by atoms with Crippen LogP contribution in [-0.4, -0.2) is 48.3 Å². The van der Waals surface area contributed by atoms with Gasteiger partial charge in [0.15, 0.2) is 0 Å². The molecular formula is C19H19F3N4O4. The SMILES string of the molecule is CC(=O)N1CCN(c2cccc(Nc3ccc(OC(F)(F)F)cc3[N+](=O)[O-])c2)CC1. The van der Waals surface area contributed by atoms with Crippen molar-refractivity contribution in [1.29, 1.82) is 0 Å². The lowest BCUT2D eigenvalue weighted by atomic mass is 10.2. The number of piperazine rings is 1. The quantitative estimate of drug-likeness (QED) is 0.579. The van der Waals surface area contributed by atoms with Gasteiger partial charge in [0.05, 0.1) is 11.0 Å². The molecule has 0 spiro atoms. The molecule has 0 unspecified atom stereocenters. The van der Waals surface area contributed by atoms with Gasteiger partial charge in [-0.05, 0) is 30.3 Å². The number of halogens is 3. The van der Waals surface area contributed by atoms with Gasteiger partial charge in [0.1, 0.15) is 11.4 Å². The van der Waals surface area contributed by atoms with Crippen molar-refractivity contribution < 1.29 is 27.6 Å². The smallest absolute Gasteiger partial charge is 0.406 e. The fourth-order valence-electron chi connectivity index (χ4n) is 3.18. The number of carbonyl (C=O) groups is 1. The van der Waals surface area contributed by atoms with E-state index in [1.165, 1.54) is 6.92 Å². The predicted molar refractivity (Wildman–Crippen MR) is 104 cm³/mol. The molecule has 8 nitrogen and oxygen atoms in total. The Kier molecular flexibility index (Phi) is 5.99. The maximum atomic E-state index is 12.4. The van der Waals surface area contributed by atoms with Crippen LogP contribution in [0.3, 0.4) is 0 Å². The van der Waals surface area contributed by atoms with Crippen LogP contribution in [0, 0.1) is 10.1 Å². The van der Waals surface area contributed by atoms with Gasteiger partial charge in [-0.2, -0.15) is 0 Å². The van der Waals surface area contributed by atoms with Crippen LogP contribution in [0.2, 0.25) is 0 Å². The molecule has 1 N–H and O–H groups in total. The van der Waals surface area contributed by atoms with Crippen molar-refractivity contribution >= 4 is 28.7 Å². The summed E-state index contributed by atoms with van der Waals surface area (Å²) in [5.74, 6) is -0.646. The summed E-state index contributed by atoms with van der Waals surface area (Å²) < 4.78 is 40.9. The molecule has 1 amide bonds. The van der Waals surface area contributed by atoms with Crippen LogP contribution < -0.4 is 15.0 Å². The summed E-state index contributed by atoms with van der Waals surface area (Å²) in [6, 6.07) is 10.0. The van der Waals surface area contributed by atoms with Crippen molar-refractivity contribution in [2.75, 3.05) is 36.4 Å². The molecule has 3 rings (SSSR count). The maximum Gasteiger partial charge on any atom is 0.573 e. The van der Waals surface area contributed by atoms with Crippen molar-refractivity contribution in [3.05, 3.63) is 52.6 Å². The van der Waals surface area contributed by atoms with E-state index in [0.29, 0.717) is 31.9 Å². The molecule has 0 aromatic heterocycles. The second kappa shape index (κ2) is 8.47. The Labute approximate surface area is 170 Å². The number of hydrogen-bond acceptors (Lipinski definition) is 6. The van der Waals surface area contributed by atoms with E-state index in [9.17, 15) is 28.1 Å². The number of nitro benzene ring substituents is 1. The lowest BCUT2D eigenvalue weighted by Crippen LogP contribution is -2.48. The number of rotatable bonds is 5. The van der Waals surface area contributed by atoms with Crippen molar-refractivity contribution in [2.24, 2.45) is 0 Å². The first-order chi connectivity index (χ1) is 14.1. The average Bonchev–Trinajstić information content (AvgIpc) is 2.68. The molecule has 0 atom stereocenters. The molecule has 0 saturated carbocycles. The molecule has 30 heavy (non-hydrogen) atoms. The van der Waals surface area contributed by atoms with Crippen LogP contribution in [0.15, 0.2) is 42.5 Å². The minimum Gasteiger partial charge on any atom is -0.406 e. The van der Waals surface area contributed by atoms with Gasteiger partial charge in [-0.25, -0.2) is 0 Å². The molecule has 0 aliphatic carbocycles. The largest absolute Gasteiger partial charge is 0.573 e. The third kappa shape index (κ3) is 5.31. The molecule has 160 valence electrons. The van der Waals surface area contributed by atoms with E-state index in [1.54, 1.807) is 23.1 Å². The standard InChI is InChI=1S/C19H19F3N4O4/c1-13(27)24-7-9-25(10-8-24)15-4-2-3-14(11-15)23-17-6-5-16(30-19(20,21)22)12-18(17)26(28)29/h2-6,11-12,23H,7-10H2,1H3.